The Morgan fingerprint density at radius 1 is 1.31 bits per heavy atom. The van der Waals surface area contributed by atoms with Gasteiger partial charge in [0.1, 0.15) is 0 Å². The molecular formula is C11H20O2. The second-order valence-corrected chi connectivity index (χ2v) is 4.92. The highest BCUT2D eigenvalue weighted by molar-refractivity contribution is 4.88. The third-order valence-electron chi connectivity index (χ3n) is 3.65. The first kappa shape index (κ1) is 9.47. The molecule has 2 fully saturated rings. The minimum absolute atomic E-state index is 0.0806. The van der Waals surface area contributed by atoms with Gasteiger partial charge in [-0.3, -0.25) is 0 Å². The Hall–Kier alpha value is -0.0800. The van der Waals surface area contributed by atoms with Crippen LogP contribution < -0.4 is 0 Å². The van der Waals surface area contributed by atoms with Crippen molar-refractivity contribution in [3.63, 3.8) is 0 Å². The van der Waals surface area contributed by atoms with Gasteiger partial charge in [-0.25, -0.2) is 0 Å². The van der Waals surface area contributed by atoms with Crippen LogP contribution in [0.5, 0.6) is 0 Å². The number of aliphatic hydroxyl groups excluding tert-OH is 1. The molecule has 1 heterocycles. The Labute approximate surface area is 80.3 Å². The van der Waals surface area contributed by atoms with E-state index in [1.807, 2.05) is 0 Å². The first-order chi connectivity index (χ1) is 6.18. The molecule has 2 aliphatic rings. The molecule has 1 saturated heterocycles. The van der Waals surface area contributed by atoms with Crippen LogP contribution in [0.3, 0.4) is 0 Å². The van der Waals surface area contributed by atoms with Crippen LogP contribution in [0.25, 0.3) is 0 Å². The molecular weight excluding hydrogens is 164 g/mol. The maximum absolute atomic E-state index is 9.93. The van der Waals surface area contributed by atoms with E-state index >= 15 is 0 Å². The van der Waals surface area contributed by atoms with Crippen molar-refractivity contribution in [2.24, 2.45) is 17.8 Å². The normalized spacial score (nSPS) is 45.2. The van der Waals surface area contributed by atoms with Gasteiger partial charge < -0.3 is 9.84 Å². The molecule has 76 valence electrons. The van der Waals surface area contributed by atoms with Crippen molar-refractivity contribution in [2.75, 3.05) is 6.61 Å². The van der Waals surface area contributed by atoms with E-state index in [0.717, 1.165) is 13.0 Å². The predicted molar refractivity (Wildman–Crippen MR) is 51.4 cm³/mol. The highest BCUT2D eigenvalue weighted by Crippen LogP contribution is 2.38. The van der Waals surface area contributed by atoms with Crippen molar-refractivity contribution in [3.05, 3.63) is 0 Å². The van der Waals surface area contributed by atoms with Gasteiger partial charge in [0.05, 0.1) is 18.8 Å². The van der Waals surface area contributed by atoms with E-state index in [2.05, 4.69) is 13.8 Å². The third-order valence-corrected chi connectivity index (χ3v) is 3.65. The summed E-state index contributed by atoms with van der Waals surface area (Å²) in [5.41, 5.74) is 0. The fourth-order valence-electron chi connectivity index (χ4n) is 2.64. The molecule has 13 heavy (non-hydrogen) atoms. The zero-order valence-electron chi connectivity index (χ0n) is 8.57. The lowest BCUT2D eigenvalue weighted by molar-refractivity contribution is 0.0166. The van der Waals surface area contributed by atoms with E-state index in [1.165, 1.54) is 12.8 Å². The summed E-state index contributed by atoms with van der Waals surface area (Å²) >= 11 is 0. The number of hydrogen-bond acceptors (Lipinski definition) is 2. The van der Waals surface area contributed by atoms with Crippen LogP contribution >= 0.6 is 0 Å². The molecule has 1 aliphatic carbocycles. The zero-order chi connectivity index (χ0) is 9.42. The summed E-state index contributed by atoms with van der Waals surface area (Å²) < 4.78 is 5.28. The summed E-state index contributed by atoms with van der Waals surface area (Å²) in [6, 6.07) is 0. The van der Waals surface area contributed by atoms with Crippen LogP contribution in [0.2, 0.25) is 0 Å². The zero-order valence-corrected chi connectivity index (χ0v) is 8.57. The summed E-state index contributed by atoms with van der Waals surface area (Å²) in [5.74, 6) is 1.79. The molecule has 4 atom stereocenters. The Bertz CT molecular complexity index is 175. The maximum atomic E-state index is 9.93. The molecule has 4 unspecified atom stereocenters. The van der Waals surface area contributed by atoms with Gasteiger partial charge in [-0.05, 0) is 37.0 Å². The van der Waals surface area contributed by atoms with Gasteiger partial charge in [0, 0.05) is 0 Å². The van der Waals surface area contributed by atoms with E-state index in [9.17, 15) is 5.11 Å². The van der Waals surface area contributed by atoms with E-state index in [0.29, 0.717) is 23.9 Å². The third kappa shape index (κ3) is 2.05. The Morgan fingerprint density at radius 2 is 2.00 bits per heavy atom. The van der Waals surface area contributed by atoms with Gasteiger partial charge in [-0.1, -0.05) is 13.8 Å². The first-order valence-corrected chi connectivity index (χ1v) is 5.48. The molecule has 0 aromatic heterocycles. The summed E-state index contributed by atoms with van der Waals surface area (Å²) in [4.78, 5) is 0. The van der Waals surface area contributed by atoms with Gasteiger partial charge in [0.15, 0.2) is 0 Å². The number of rotatable bonds is 2. The van der Waals surface area contributed by atoms with Gasteiger partial charge in [-0.15, -0.1) is 0 Å². The average Bonchev–Trinajstić information content (AvgIpc) is 2.85. The van der Waals surface area contributed by atoms with Crippen LogP contribution in [-0.4, -0.2) is 23.9 Å². The van der Waals surface area contributed by atoms with Crippen molar-refractivity contribution >= 4 is 0 Å². The molecule has 0 aromatic carbocycles. The number of epoxide rings is 1. The second-order valence-electron chi connectivity index (χ2n) is 4.92. The molecule has 1 saturated carbocycles. The standard InChI is InChI=1S/C11H20O2/c1-7(2)9-4-3-8(5-10(9)12)11-6-13-11/h7-12H,3-6H2,1-2H3. The molecule has 0 radical (unpaired) electrons. The topological polar surface area (TPSA) is 32.8 Å². The minimum Gasteiger partial charge on any atom is -0.393 e. The largest absolute Gasteiger partial charge is 0.393 e. The Kier molecular flexibility index (Phi) is 2.61. The molecule has 0 amide bonds. The second kappa shape index (κ2) is 3.58. The number of hydrogen-bond donors (Lipinski definition) is 1. The lowest BCUT2D eigenvalue weighted by Crippen LogP contribution is -2.34. The summed E-state index contributed by atoms with van der Waals surface area (Å²) in [7, 11) is 0. The first-order valence-electron chi connectivity index (χ1n) is 5.48. The van der Waals surface area contributed by atoms with Gasteiger partial charge in [-0.2, -0.15) is 0 Å². The maximum Gasteiger partial charge on any atom is 0.0838 e. The SMILES string of the molecule is CC(C)C1CCC(C2CO2)CC1O. The predicted octanol–water partition coefficient (Wildman–Crippen LogP) is 1.82. The summed E-state index contributed by atoms with van der Waals surface area (Å²) in [6.07, 6.45) is 3.81. The minimum atomic E-state index is -0.0806. The number of aliphatic hydroxyl groups is 1. The fraction of sp³-hybridized carbons (Fsp3) is 1.00. The van der Waals surface area contributed by atoms with Crippen LogP contribution in [-0.2, 0) is 4.74 Å². The van der Waals surface area contributed by atoms with Crippen molar-refractivity contribution in [3.8, 4) is 0 Å². The van der Waals surface area contributed by atoms with E-state index < -0.39 is 0 Å². The van der Waals surface area contributed by atoms with Crippen LogP contribution in [0.4, 0.5) is 0 Å². The van der Waals surface area contributed by atoms with E-state index in [4.69, 9.17) is 4.74 Å². The van der Waals surface area contributed by atoms with Crippen LogP contribution in [0, 0.1) is 17.8 Å². The summed E-state index contributed by atoms with van der Waals surface area (Å²) in [5, 5.41) is 9.93. The van der Waals surface area contributed by atoms with Crippen molar-refractivity contribution < 1.29 is 9.84 Å². The van der Waals surface area contributed by atoms with Gasteiger partial charge in [0.2, 0.25) is 0 Å². The van der Waals surface area contributed by atoms with Crippen molar-refractivity contribution in [1.29, 1.82) is 0 Å². The monoisotopic (exact) mass is 184 g/mol. The van der Waals surface area contributed by atoms with Gasteiger partial charge >= 0.3 is 0 Å². The highest BCUT2D eigenvalue weighted by Gasteiger charge is 2.39. The van der Waals surface area contributed by atoms with Crippen molar-refractivity contribution in [1.82, 2.24) is 0 Å². The Morgan fingerprint density at radius 3 is 2.46 bits per heavy atom. The molecule has 1 aliphatic heterocycles. The smallest absolute Gasteiger partial charge is 0.0838 e. The molecule has 2 heteroatoms. The lowest BCUT2D eigenvalue weighted by atomic mass is 9.74. The van der Waals surface area contributed by atoms with Crippen LogP contribution in [0.1, 0.15) is 33.1 Å². The number of ether oxygens (including phenoxy) is 1. The summed E-state index contributed by atoms with van der Waals surface area (Å²) in [6.45, 7) is 5.35. The average molecular weight is 184 g/mol. The molecule has 0 bridgehead atoms. The van der Waals surface area contributed by atoms with Gasteiger partial charge in [0.25, 0.3) is 0 Å². The Balaban J connectivity index is 1.87. The van der Waals surface area contributed by atoms with E-state index in [1.54, 1.807) is 0 Å². The molecule has 1 N–H and O–H groups in total. The van der Waals surface area contributed by atoms with Crippen molar-refractivity contribution in [2.45, 2.75) is 45.3 Å². The fourth-order valence-corrected chi connectivity index (χ4v) is 2.64. The van der Waals surface area contributed by atoms with E-state index in [-0.39, 0.29) is 6.10 Å². The van der Waals surface area contributed by atoms with Crippen LogP contribution in [0.15, 0.2) is 0 Å². The molecule has 2 rings (SSSR count). The molecule has 0 spiro atoms. The lowest BCUT2D eigenvalue weighted by Gasteiger charge is -2.34. The molecule has 2 nitrogen and oxygen atoms in total. The highest BCUT2D eigenvalue weighted by atomic mass is 16.6. The quantitative estimate of drug-likeness (QED) is 0.664. The molecule has 0 aromatic rings.